The summed E-state index contributed by atoms with van der Waals surface area (Å²) in [6, 6.07) is 11.2. The lowest BCUT2D eigenvalue weighted by molar-refractivity contribution is -0.153. The Morgan fingerprint density at radius 1 is 1.15 bits per heavy atom. The molecule has 2 heterocycles. The number of nitrogens with zero attached hydrogens (tertiary/aromatic N) is 2. The predicted octanol–water partition coefficient (Wildman–Crippen LogP) is 3.56. The first-order chi connectivity index (χ1) is 12.3. The number of aromatic nitrogens is 2. The molecule has 0 atom stereocenters. The van der Waals surface area contributed by atoms with Gasteiger partial charge < -0.3 is 10.1 Å². The van der Waals surface area contributed by atoms with E-state index in [1.54, 1.807) is 24.4 Å². The van der Waals surface area contributed by atoms with Gasteiger partial charge in [0, 0.05) is 18.0 Å². The van der Waals surface area contributed by atoms with E-state index < -0.39 is 12.8 Å². The van der Waals surface area contributed by atoms with Gasteiger partial charge >= 0.3 is 6.18 Å². The van der Waals surface area contributed by atoms with E-state index in [2.05, 4.69) is 15.0 Å². The SMILES string of the molecule is Cc1ccc2nc(CNc3ccc(OCC(F)(F)F)cc3)cc(=O)n2c1. The Labute approximate surface area is 147 Å². The Bertz CT molecular complexity index is 966. The number of hydrogen-bond acceptors (Lipinski definition) is 4. The lowest BCUT2D eigenvalue weighted by Crippen LogP contribution is -2.19. The first kappa shape index (κ1) is 17.8. The maximum atomic E-state index is 12.1. The lowest BCUT2D eigenvalue weighted by atomic mass is 10.3. The van der Waals surface area contributed by atoms with Gasteiger partial charge in [-0.3, -0.25) is 9.20 Å². The monoisotopic (exact) mass is 363 g/mol. The van der Waals surface area contributed by atoms with Crippen LogP contribution >= 0.6 is 0 Å². The predicted molar refractivity (Wildman–Crippen MR) is 91.5 cm³/mol. The van der Waals surface area contributed by atoms with Crippen LogP contribution in [0.15, 0.2) is 53.5 Å². The largest absolute Gasteiger partial charge is 0.484 e. The molecule has 0 aliphatic carbocycles. The summed E-state index contributed by atoms with van der Waals surface area (Å²) in [5.74, 6) is 0.130. The molecule has 0 saturated carbocycles. The number of hydrogen-bond donors (Lipinski definition) is 1. The fraction of sp³-hybridized carbons (Fsp3) is 0.222. The minimum Gasteiger partial charge on any atom is -0.484 e. The molecule has 3 rings (SSSR count). The minimum absolute atomic E-state index is 0.130. The molecule has 0 aliphatic heterocycles. The van der Waals surface area contributed by atoms with E-state index in [0.29, 0.717) is 23.6 Å². The van der Waals surface area contributed by atoms with E-state index >= 15 is 0 Å². The van der Waals surface area contributed by atoms with Crippen LogP contribution < -0.4 is 15.6 Å². The van der Waals surface area contributed by atoms with Crippen molar-refractivity contribution in [3.05, 3.63) is 70.3 Å². The molecule has 3 aromatic rings. The molecule has 0 radical (unpaired) electrons. The summed E-state index contributed by atoms with van der Waals surface area (Å²) in [5, 5.41) is 3.08. The zero-order valence-electron chi connectivity index (χ0n) is 13.9. The molecular weight excluding hydrogens is 347 g/mol. The number of anilines is 1. The second-order valence-electron chi connectivity index (χ2n) is 5.80. The molecule has 0 unspecified atom stereocenters. The van der Waals surface area contributed by atoms with Gasteiger partial charge in [-0.25, -0.2) is 4.98 Å². The number of rotatable bonds is 5. The van der Waals surface area contributed by atoms with Crippen molar-refractivity contribution in [1.29, 1.82) is 0 Å². The number of aryl methyl sites for hydroxylation is 1. The molecule has 0 saturated heterocycles. The molecular formula is C18H16F3N3O2. The van der Waals surface area contributed by atoms with E-state index in [1.165, 1.54) is 22.6 Å². The van der Waals surface area contributed by atoms with Crippen molar-refractivity contribution in [2.75, 3.05) is 11.9 Å². The maximum Gasteiger partial charge on any atom is 0.422 e. The van der Waals surface area contributed by atoms with Crippen LogP contribution in [0.1, 0.15) is 11.3 Å². The van der Waals surface area contributed by atoms with E-state index in [4.69, 9.17) is 0 Å². The second-order valence-corrected chi connectivity index (χ2v) is 5.80. The average molecular weight is 363 g/mol. The Hall–Kier alpha value is -3.03. The van der Waals surface area contributed by atoms with Crippen molar-refractivity contribution >= 4 is 11.3 Å². The van der Waals surface area contributed by atoms with E-state index in [1.807, 2.05) is 13.0 Å². The van der Waals surface area contributed by atoms with Crippen molar-refractivity contribution in [3.63, 3.8) is 0 Å². The molecule has 0 bridgehead atoms. The molecule has 8 heteroatoms. The van der Waals surface area contributed by atoms with Crippen molar-refractivity contribution in [2.24, 2.45) is 0 Å². The van der Waals surface area contributed by atoms with E-state index in [0.717, 1.165) is 5.56 Å². The Kier molecular flexibility index (Phi) is 4.83. The first-order valence-corrected chi connectivity index (χ1v) is 7.83. The van der Waals surface area contributed by atoms with Gasteiger partial charge in [0.25, 0.3) is 5.56 Å². The third kappa shape index (κ3) is 4.53. The number of nitrogens with one attached hydrogen (secondary N) is 1. The van der Waals surface area contributed by atoms with Crippen LogP contribution in [0.5, 0.6) is 5.75 Å². The van der Waals surface area contributed by atoms with Crippen molar-refractivity contribution in [1.82, 2.24) is 9.38 Å². The van der Waals surface area contributed by atoms with Crippen molar-refractivity contribution < 1.29 is 17.9 Å². The van der Waals surface area contributed by atoms with E-state index in [9.17, 15) is 18.0 Å². The summed E-state index contributed by atoms with van der Waals surface area (Å²) >= 11 is 0. The van der Waals surface area contributed by atoms with Gasteiger partial charge in [0.2, 0.25) is 0 Å². The molecule has 26 heavy (non-hydrogen) atoms. The normalized spacial score (nSPS) is 11.5. The smallest absolute Gasteiger partial charge is 0.422 e. The van der Waals surface area contributed by atoms with Crippen LogP contribution in [0.3, 0.4) is 0 Å². The number of fused-ring (bicyclic) bond motifs is 1. The molecule has 2 aromatic heterocycles. The fourth-order valence-corrected chi connectivity index (χ4v) is 2.38. The topological polar surface area (TPSA) is 55.6 Å². The summed E-state index contributed by atoms with van der Waals surface area (Å²) < 4.78 is 42.5. The highest BCUT2D eigenvalue weighted by Crippen LogP contribution is 2.20. The quantitative estimate of drug-likeness (QED) is 0.753. The minimum atomic E-state index is -4.37. The third-order valence-electron chi connectivity index (χ3n) is 3.59. The molecule has 0 spiro atoms. The third-order valence-corrected chi connectivity index (χ3v) is 3.59. The molecule has 0 aliphatic rings. The standard InChI is InChI=1S/C18H16F3N3O2/c1-12-2-7-16-23-14(8-17(25)24(16)10-12)9-22-13-3-5-15(6-4-13)26-11-18(19,20)21/h2-8,10,22H,9,11H2,1H3. The average Bonchev–Trinajstić information content (AvgIpc) is 2.59. The fourth-order valence-electron chi connectivity index (χ4n) is 2.38. The molecule has 0 amide bonds. The van der Waals surface area contributed by atoms with E-state index in [-0.39, 0.29) is 11.3 Å². The molecule has 1 aromatic carbocycles. The molecule has 1 N–H and O–H groups in total. The molecule has 0 fully saturated rings. The van der Waals surface area contributed by atoms with Gasteiger partial charge in [0.1, 0.15) is 11.4 Å². The highest BCUT2D eigenvalue weighted by molar-refractivity contribution is 5.47. The van der Waals surface area contributed by atoms with Crippen LogP contribution in [-0.4, -0.2) is 22.2 Å². The van der Waals surface area contributed by atoms with Gasteiger partial charge in [-0.15, -0.1) is 0 Å². The lowest BCUT2D eigenvalue weighted by Gasteiger charge is -2.11. The van der Waals surface area contributed by atoms with Gasteiger partial charge in [-0.1, -0.05) is 6.07 Å². The number of pyridine rings is 1. The summed E-state index contributed by atoms with van der Waals surface area (Å²) in [5.41, 5.74) is 2.58. The van der Waals surface area contributed by atoms with Crippen LogP contribution in [0.4, 0.5) is 18.9 Å². The summed E-state index contributed by atoms with van der Waals surface area (Å²) in [6.07, 6.45) is -2.65. The van der Waals surface area contributed by atoms with Gasteiger partial charge in [-0.05, 0) is 42.8 Å². The van der Waals surface area contributed by atoms with Gasteiger partial charge in [-0.2, -0.15) is 13.2 Å². The zero-order valence-corrected chi connectivity index (χ0v) is 13.9. The molecule has 5 nitrogen and oxygen atoms in total. The van der Waals surface area contributed by atoms with Crippen molar-refractivity contribution in [3.8, 4) is 5.75 Å². The van der Waals surface area contributed by atoms with Crippen LogP contribution in [0.25, 0.3) is 5.65 Å². The van der Waals surface area contributed by atoms with Crippen LogP contribution in [0.2, 0.25) is 0 Å². The highest BCUT2D eigenvalue weighted by Gasteiger charge is 2.28. The Morgan fingerprint density at radius 3 is 2.58 bits per heavy atom. The Balaban J connectivity index is 1.66. The molecule has 136 valence electrons. The summed E-state index contributed by atoms with van der Waals surface area (Å²) in [6.45, 7) is 0.871. The first-order valence-electron chi connectivity index (χ1n) is 7.83. The maximum absolute atomic E-state index is 12.1. The summed E-state index contributed by atoms with van der Waals surface area (Å²) in [4.78, 5) is 16.6. The highest BCUT2D eigenvalue weighted by atomic mass is 19.4. The number of benzene rings is 1. The second kappa shape index (κ2) is 7.07. The Morgan fingerprint density at radius 2 is 1.88 bits per heavy atom. The van der Waals surface area contributed by atoms with Crippen molar-refractivity contribution in [2.45, 2.75) is 19.6 Å². The zero-order chi connectivity index (χ0) is 18.7. The van der Waals surface area contributed by atoms with Gasteiger partial charge in [0.05, 0.1) is 12.2 Å². The van der Waals surface area contributed by atoms with Crippen LogP contribution in [0, 0.1) is 6.92 Å². The van der Waals surface area contributed by atoms with Gasteiger partial charge in [0.15, 0.2) is 6.61 Å². The number of alkyl halides is 3. The number of ether oxygens (including phenoxy) is 1. The summed E-state index contributed by atoms with van der Waals surface area (Å²) in [7, 11) is 0. The number of halogens is 3. The van der Waals surface area contributed by atoms with Crippen LogP contribution in [-0.2, 0) is 6.54 Å².